The van der Waals surface area contributed by atoms with Gasteiger partial charge in [-0.25, -0.2) is 13.2 Å². The normalized spacial score (nSPS) is 29.4. The van der Waals surface area contributed by atoms with Crippen LogP contribution in [-0.2, 0) is 0 Å². The molecule has 0 spiro atoms. The number of hydrogen-bond donors (Lipinski definition) is 1. The summed E-state index contributed by atoms with van der Waals surface area (Å²) in [5.74, 6) is 0. The van der Waals surface area contributed by atoms with Gasteiger partial charge in [0, 0.05) is 6.04 Å². The second-order valence-electron chi connectivity index (χ2n) is 2.48. The largest absolute Gasteiger partial charge is 0.311 e. The zero-order chi connectivity index (χ0) is 7.56. The van der Waals surface area contributed by atoms with Crippen LogP contribution in [0.4, 0.5) is 13.2 Å². The van der Waals surface area contributed by atoms with Gasteiger partial charge < -0.3 is 5.32 Å². The number of alkyl halides is 3. The first kappa shape index (κ1) is 7.85. The van der Waals surface area contributed by atoms with Gasteiger partial charge in [-0.05, 0) is 19.4 Å². The monoisotopic (exact) mass is 153 g/mol. The minimum absolute atomic E-state index is 0.533. The Hall–Kier alpha value is -0.250. The summed E-state index contributed by atoms with van der Waals surface area (Å²) in [6, 6.07) is -0.611. The van der Waals surface area contributed by atoms with E-state index in [1.807, 2.05) is 0 Å². The van der Waals surface area contributed by atoms with Gasteiger partial charge >= 0.3 is 0 Å². The minimum Gasteiger partial charge on any atom is -0.311 e. The van der Waals surface area contributed by atoms with Crippen molar-refractivity contribution >= 4 is 0 Å². The lowest BCUT2D eigenvalue weighted by atomic mass is 10.1. The first-order chi connectivity index (χ1) is 4.72. The van der Waals surface area contributed by atoms with Crippen LogP contribution < -0.4 is 5.32 Å². The van der Waals surface area contributed by atoms with Crippen LogP contribution in [0.2, 0.25) is 0 Å². The van der Waals surface area contributed by atoms with Gasteiger partial charge in [0.1, 0.15) is 0 Å². The van der Waals surface area contributed by atoms with Crippen molar-refractivity contribution in [1.82, 2.24) is 5.32 Å². The molecule has 0 aromatic carbocycles. The lowest BCUT2D eigenvalue weighted by Crippen LogP contribution is -2.36. The first-order valence-corrected chi connectivity index (χ1v) is 3.37. The lowest BCUT2D eigenvalue weighted by Gasteiger charge is -2.13. The third kappa shape index (κ3) is 1.62. The predicted octanol–water partition coefficient (Wildman–Crippen LogP) is 1.34. The molecule has 2 unspecified atom stereocenters. The maximum absolute atomic E-state index is 12.4. The number of rotatable bonds is 2. The topological polar surface area (TPSA) is 12.0 Å². The van der Waals surface area contributed by atoms with Crippen molar-refractivity contribution in [2.75, 3.05) is 6.54 Å². The molecule has 2 atom stereocenters. The van der Waals surface area contributed by atoms with E-state index in [9.17, 15) is 13.2 Å². The number of hydrogen-bond acceptors (Lipinski definition) is 1. The van der Waals surface area contributed by atoms with Crippen molar-refractivity contribution < 1.29 is 13.2 Å². The van der Waals surface area contributed by atoms with Gasteiger partial charge in [0.15, 0.2) is 6.17 Å². The molecule has 4 heteroatoms. The van der Waals surface area contributed by atoms with E-state index in [-0.39, 0.29) is 0 Å². The Morgan fingerprint density at radius 3 is 2.40 bits per heavy atom. The lowest BCUT2D eigenvalue weighted by molar-refractivity contribution is 0.0319. The number of halogens is 3. The second-order valence-corrected chi connectivity index (χ2v) is 2.48. The summed E-state index contributed by atoms with van der Waals surface area (Å²) in [6.45, 7) is 0.664. The van der Waals surface area contributed by atoms with Crippen LogP contribution in [0.3, 0.4) is 0 Å². The van der Waals surface area contributed by atoms with Crippen LogP contribution in [0.5, 0.6) is 0 Å². The van der Waals surface area contributed by atoms with Gasteiger partial charge in [0.2, 0.25) is 0 Å². The van der Waals surface area contributed by atoms with E-state index < -0.39 is 18.6 Å². The van der Waals surface area contributed by atoms with Gasteiger partial charge in [-0.15, -0.1) is 0 Å². The fourth-order valence-corrected chi connectivity index (χ4v) is 1.16. The van der Waals surface area contributed by atoms with Crippen molar-refractivity contribution in [2.45, 2.75) is 31.5 Å². The quantitative estimate of drug-likeness (QED) is 0.631. The summed E-state index contributed by atoms with van der Waals surface area (Å²) < 4.78 is 35.7. The molecule has 1 heterocycles. The molecule has 10 heavy (non-hydrogen) atoms. The average Bonchev–Trinajstić information content (AvgIpc) is 2.36. The van der Waals surface area contributed by atoms with Crippen molar-refractivity contribution in [3.8, 4) is 0 Å². The Balaban J connectivity index is 2.32. The predicted molar refractivity (Wildman–Crippen MR) is 31.9 cm³/mol. The molecule has 0 saturated carbocycles. The van der Waals surface area contributed by atoms with Crippen LogP contribution in [-0.4, -0.2) is 25.2 Å². The fourth-order valence-electron chi connectivity index (χ4n) is 1.16. The van der Waals surface area contributed by atoms with Crippen LogP contribution in [0.1, 0.15) is 12.8 Å². The highest BCUT2D eigenvalue weighted by Gasteiger charge is 2.31. The zero-order valence-electron chi connectivity index (χ0n) is 5.49. The van der Waals surface area contributed by atoms with Gasteiger partial charge in [-0.1, -0.05) is 0 Å². The Morgan fingerprint density at radius 1 is 1.30 bits per heavy atom. The van der Waals surface area contributed by atoms with Crippen LogP contribution in [0.15, 0.2) is 0 Å². The summed E-state index contributed by atoms with van der Waals surface area (Å²) in [6.07, 6.45) is -3.48. The number of nitrogens with one attached hydrogen (secondary N) is 1. The zero-order valence-corrected chi connectivity index (χ0v) is 5.49. The molecular weight excluding hydrogens is 143 g/mol. The molecule has 0 aliphatic carbocycles. The van der Waals surface area contributed by atoms with Crippen molar-refractivity contribution in [1.29, 1.82) is 0 Å². The third-order valence-corrected chi connectivity index (χ3v) is 1.72. The molecule has 1 N–H and O–H groups in total. The highest BCUT2D eigenvalue weighted by atomic mass is 19.3. The van der Waals surface area contributed by atoms with Gasteiger partial charge in [0.25, 0.3) is 6.43 Å². The molecule has 0 aromatic heterocycles. The Kier molecular flexibility index (Phi) is 2.54. The molecule has 0 aromatic rings. The molecule has 1 fully saturated rings. The van der Waals surface area contributed by atoms with E-state index in [1.54, 1.807) is 0 Å². The molecule has 1 saturated heterocycles. The highest BCUT2D eigenvalue weighted by Crippen LogP contribution is 2.17. The Labute approximate surface area is 57.6 Å². The molecule has 0 radical (unpaired) electrons. The molecule has 1 rings (SSSR count). The first-order valence-electron chi connectivity index (χ1n) is 3.37. The molecule has 1 nitrogen and oxygen atoms in total. The van der Waals surface area contributed by atoms with E-state index in [2.05, 4.69) is 5.32 Å². The SMILES string of the molecule is FC(F)C(F)C1CCCN1. The maximum atomic E-state index is 12.4. The van der Waals surface area contributed by atoms with Gasteiger partial charge in [-0.2, -0.15) is 0 Å². The fraction of sp³-hybridized carbons (Fsp3) is 1.00. The average molecular weight is 153 g/mol. The van der Waals surface area contributed by atoms with E-state index in [0.717, 1.165) is 6.42 Å². The maximum Gasteiger partial charge on any atom is 0.270 e. The van der Waals surface area contributed by atoms with E-state index in [4.69, 9.17) is 0 Å². The van der Waals surface area contributed by atoms with E-state index >= 15 is 0 Å². The van der Waals surface area contributed by atoms with Crippen LogP contribution in [0.25, 0.3) is 0 Å². The molecule has 60 valence electrons. The summed E-state index contributed by atoms with van der Waals surface area (Å²) in [7, 11) is 0. The summed E-state index contributed by atoms with van der Waals surface area (Å²) >= 11 is 0. The van der Waals surface area contributed by atoms with Gasteiger partial charge in [-0.3, -0.25) is 0 Å². The second kappa shape index (κ2) is 3.23. The van der Waals surface area contributed by atoms with Crippen molar-refractivity contribution in [3.05, 3.63) is 0 Å². The Morgan fingerprint density at radius 2 is 2.00 bits per heavy atom. The van der Waals surface area contributed by atoms with Gasteiger partial charge in [0.05, 0.1) is 0 Å². The van der Waals surface area contributed by atoms with Crippen LogP contribution >= 0.6 is 0 Å². The summed E-state index contributed by atoms with van der Waals surface area (Å²) in [5, 5.41) is 2.68. The molecule has 1 aliphatic heterocycles. The summed E-state index contributed by atoms with van der Waals surface area (Å²) in [5.41, 5.74) is 0. The van der Waals surface area contributed by atoms with E-state index in [0.29, 0.717) is 13.0 Å². The summed E-state index contributed by atoms with van der Waals surface area (Å²) in [4.78, 5) is 0. The minimum atomic E-state index is -2.84. The third-order valence-electron chi connectivity index (χ3n) is 1.72. The molecule has 1 aliphatic rings. The molecule has 0 amide bonds. The standard InChI is InChI=1S/C6H10F3N/c7-5(6(8)9)4-2-1-3-10-4/h4-6,10H,1-3H2. The molecular formula is C6H10F3N. The molecule has 0 bridgehead atoms. The van der Waals surface area contributed by atoms with Crippen molar-refractivity contribution in [3.63, 3.8) is 0 Å². The van der Waals surface area contributed by atoms with Crippen LogP contribution in [0, 0.1) is 0 Å². The van der Waals surface area contributed by atoms with E-state index in [1.165, 1.54) is 0 Å². The highest BCUT2D eigenvalue weighted by molar-refractivity contribution is 4.82. The Bertz CT molecular complexity index is 101. The van der Waals surface area contributed by atoms with Crippen molar-refractivity contribution in [2.24, 2.45) is 0 Å². The smallest absolute Gasteiger partial charge is 0.270 e.